The van der Waals surface area contributed by atoms with E-state index in [1.54, 1.807) is 0 Å². The molecule has 108 valence electrons. The largest absolute Gasteiger partial charge is 0.384 e. The number of rotatable bonds is 7. The molecule has 0 aliphatic heterocycles. The monoisotopic (exact) mass is 266 g/mol. The van der Waals surface area contributed by atoms with E-state index in [1.165, 1.54) is 0 Å². The maximum Gasteiger partial charge on any atom is 0.158 e. The van der Waals surface area contributed by atoms with Gasteiger partial charge in [-0.1, -0.05) is 13.8 Å². The summed E-state index contributed by atoms with van der Waals surface area (Å²) in [7, 11) is 2.04. The summed E-state index contributed by atoms with van der Waals surface area (Å²) in [5.41, 5.74) is 5.84. The number of nitrogens with zero attached hydrogens (tertiary/aromatic N) is 3. The first-order valence-electron chi connectivity index (χ1n) is 6.88. The molecule has 0 aliphatic rings. The molecule has 1 rings (SSSR count). The maximum absolute atomic E-state index is 5.84. The lowest BCUT2D eigenvalue weighted by Crippen LogP contribution is -2.31. The van der Waals surface area contributed by atoms with Crippen molar-refractivity contribution in [1.29, 1.82) is 0 Å². The Kier molecular flexibility index (Phi) is 6.02. The zero-order chi connectivity index (χ0) is 14.4. The molecule has 0 fully saturated rings. The van der Waals surface area contributed by atoms with Crippen molar-refractivity contribution in [3.05, 3.63) is 11.9 Å². The van der Waals surface area contributed by atoms with Crippen LogP contribution in [0.3, 0.4) is 0 Å². The molecule has 1 unspecified atom stereocenters. The van der Waals surface area contributed by atoms with Crippen LogP contribution in [0.15, 0.2) is 6.07 Å². The van der Waals surface area contributed by atoms with Crippen molar-refractivity contribution in [3.8, 4) is 0 Å². The molecular weight excluding hydrogens is 240 g/mol. The lowest BCUT2D eigenvalue weighted by Gasteiger charge is -2.27. The number of aromatic nitrogens is 2. The zero-order valence-electron chi connectivity index (χ0n) is 12.7. The van der Waals surface area contributed by atoms with Crippen LogP contribution in [0, 0.1) is 5.92 Å². The fraction of sp³-hybridized carbons (Fsp3) is 0.714. The fourth-order valence-electron chi connectivity index (χ4n) is 2.01. The van der Waals surface area contributed by atoms with Gasteiger partial charge in [0.25, 0.3) is 0 Å². The number of anilines is 2. The number of nitrogen functional groups attached to an aromatic ring is 1. The van der Waals surface area contributed by atoms with Crippen molar-refractivity contribution >= 4 is 11.6 Å². The summed E-state index contributed by atoms with van der Waals surface area (Å²) in [5.74, 6) is 2.64. The average Bonchev–Trinajstić information content (AvgIpc) is 2.33. The molecule has 0 spiro atoms. The SMILES string of the molecule is CCOCc1nc(N)cc(N(C)C(C)CC(C)C)n1. The van der Waals surface area contributed by atoms with Gasteiger partial charge in [-0.05, 0) is 26.2 Å². The van der Waals surface area contributed by atoms with Crippen LogP contribution in [-0.2, 0) is 11.3 Å². The molecular formula is C14H26N4O. The van der Waals surface area contributed by atoms with Gasteiger partial charge in [-0.3, -0.25) is 0 Å². The van der Waals surface area contributed by atoms with Crippen LogP contribution in [0.2, 0.25) is 0 Å². The number of hydrogen-bond donors (Lipinski definition) is 1. The Morgan fingerprint density at radius 1 is 1.32 bits per heavy atom. The topological polar surface area (TPSA) is 64.3 Å². The van der Waals surface area contributed by atoms with E-state index in [-0.39, 0.29) is 0 Å². The van der Waals surface area contributed by atoms with Gasteiger partial charge in [-0.2, -0.15) is 0 Å². The molecule has 1 aromatic heterocycles. The van der Waals surface area contributed by atoms with E-state index < -0.39 is 0 Å². The second-order valence-electron chi connectivity index (χ2n) is 5.29. The van der Waals surface area contributed by atoms with Gasteiger partial charge >= 0.3 is 0 Å². The smallest absolute Gasteiger partial charge is 0.158 e. The molecule has 1 aromatic rings. The molecule has 1 heterocycles. The molecule has 5 heteroatoms. The quantitative estimate of drug-likeness (QED) is 0.821. The van der Waals surface area contributed by atoms with Crippen LogP contribution in [0.5, 0.6) is 0 Å². The molecule has 0 saturated heterocycles. The van der Waals surface area contributed by atoms with Gasteiger partial charge in [0, 0.05) is 25.8 Å². The average molecular weight is 266 g/mol. The zero-order valence-corrected chi connectivity index (χ0v) is 12.7. The summed E-state index contributed by atoms with van der Waals surface area (Å²) >= 11 is 0. The Hall–Kier alpha value is -1.36. The molecule has 1 atom stereocenters. The predicted octanol–water partition coefficient (Wildman–Crippen LogP) is 2.47. The molecule has 0 bridgehead atoms. The van der Waals surface area contributed by atoms with Gasteiger partial charge in [-0.25, -0.2) is 9.97 Å². The van der Waals surface area contributed by atoms with Crippen molar-refractivity contribution in [2.24, 2.45) is 5.92 Å². The highest BCUT2D eigenvalue weighted by Crippen LogP contribution is 2.19. The minimum Gasteiger partial charge on any atom is -0.384 e. The Balaban J connectivity index is 2.83. The normalized spacial score (nSPS) is 12.7. The number of hydrogen-bond acceptors (Lipinski definition) is 5. The van der Waals surface area contributed by atoms with Crippen LogP contribution in [0.4, 0.5) is 11.6 Å². The standard InChI is InChI=1S/C14H26N4O/c1-6-19-9-13-16-12(15)8-14(17-13)18(5)11(4)7-10(2)3/h8,10-11H,6-7,9H2,1-5H3,(H2,15,16,17). The van der Waals surface area contributed by atoms with Crippen molar-refractivity contribution in [2.75, 3.05) is 24.3 Å². The van der Waals surface area contributed by atoms with Gasteiger partial charge in [-0.15, -0.1) is 0 Å². The van der Waals surface area contributed by atoms with Gasteiger partial charge < -0.3 is 15.4 Å². The van der Waals surface area contributed by atoms with Crippen LogP contribution in [-0.4, -0.2) is 29.7 Å². The second kappa shape index (κ2) is 7.28. The Bertz CT molecular complexity index is 395. The molecule has 0 aromatic carbocycles. The Morgan fingerprint density at radius 2 is 2.00 bits per heavy atom. The Morgan fingerprint density at radius 3 is 2.58 bits per heavy atom. The number of nitrogens with two attached hydrogens (primary N) is 1. The van der Waals surface area contributed by atoms with E-state index in [2.05, 4.69) is 35.6 Å². The van der Waals surface area contributed by atoms with Gasteiger partial charge in [0.1, 0.15) is 18.2 Å². The lowest BCUT2D eigenvalue weighted by molar-refractivity contribution is 0.128. The first kappa shape index (κ1) is 15.7. The minimum atomic E-state index is 0.404. The molecule has 0 aliphatic carbocycles. The fourth-order valence-corrected chi connectivity index (χ4v) is 2.01. The molecule has 0 saturated carbocycles. The maximum atomic E-state index is 5.84. The highest BCUT2D eigenvalue weighted by Gasteiger charge is 2.14. The Labute approximate surface area is 116 Å². The number of ether oxygens (including phenoxy) is 1. The first-order chi connectivity index (χ1) is 8.93. The van der Waals surface area contributed by atoms with Crippen molar-refractivity contribution in [2.45, 2.75) is 46.8 Å². The van der Waals surface area contributed by atoms with Crippen molar-refractivity contribution in [1.82, 2.24) is 9.97 Å². The highest BCUT2D eigenvalue weighted by atomic mass is 16.5. The van der Waals surface area contributed by atoms with E-state index in [4.69, 9.17) is 10.5 Å². The third kappa shape index (κ3) is 5.03. The summed E-state index contributed by atoms with van der Waals surface area (Å²) in [6.45, 7) is 9.64. The minimum absolute atomic E-state index is 0.404. The predicted molar refractivity (Wildman–Crippen MR) is 79.1 cm³/mol. The summed E-state index contributed by atoms with van der Waals surface area (Å²) < 4.78 is 5.34. The second-order valence-corrected chi connectivity index (χ2v) is 5.29. The molecule has 0 radical (unpaired) electrons. The van der Waals surface area contributed by atoms with Gasteiger partial charge in [0.05, 0.1) is 0 Å². The summed E-state index contributed by atoms with van der Waals surface area (Å²) in [6, 6.07) is 2.22. The summed E-state index contributed by atoms with van der Waals surface area (Å²) in [5, 5.41) is 0. The molecule has 2 N–H and O–H groups in total. The van der Waals surface area contributed by atoms with E-state index in [1.807, 2.05) is 20.0 Å². The van der Waals surface area contributed by atoms with Crippen molar-refractivity contribution < 1.29 is 4.74 Å². The molecule has 5 nitrogen and oxygen atoms in total. The summed E-state index contributed by atoms with van der Waals surface area (Å²) in [4.78, 5) is 10.8. The van der Waals surface area contributed by atoms with Crippen LogP contribution >= 0.6 is 0 Å². The third-order valence-corrected chi connectivity index (χ3v) is 3.05. The van der Waals surface area contributed by atoms with Crippen LogP contribution in [0.1, 0.15) is 39.9 Å². The first-order valence-corrected chi connectivity index (χ1v) is 6.88. The van der Waals surface area contributed by atoms with Crippen molar-refractivity contribution in [3.63, 3.8) is 0 Å². The van der Waals surface area contributed by atoms with Gasteiger partial charge in [0.15, 0.2) is 5.82 Å². The van der Waals surface area contributed by atoms with Crippen LogP contribution < -0.4 is 10.6 Å². The van der Waals surface area contributed by atoms with E-state index in [0.717, 1.165) is 12.2 Å². The molecule has 19 heavy (non-hydrogen) atoms. The van der Waals surface area contributed by atoms with E-state index in [0.29, 0.717) is 36.8 Å². The third-order valence-electron chi connectivity index (χ3n) is 3.05. The van der Waals surface area contributed by atoms with Gasteiger partial charge in [0.2, 0.25) is 0 Å². The summed E-state index contributed by atoms with van der Waals surface area (Å²) in [6.07, 6.45) is 1.11. The molecule has 0 amide bonds. The van der Waals surface area contributed by atoms with Crippen LogP contribution in [0.25, 0.3) is 0 Å². The van der Waals surface area contributed by atoms with E-state index >= 15 is 0 Å². The van der Waals surface area contributed by atoms with E-state index in [9.17, 15) is 0 Å². The highest BCUT2D eigenvalue weighted by molar-refractivity contribution is 5.47. The lowest BCUT2D eigenvalue weighted by atomic mass is 10.0.